The van der Waals surface area contributed by atoms with Gasteiger partial charge in [-0.15, -0.1) is 0 Å². The molecule has 4 heteroatoms. The maximum Gasteiger partial charge on any atom is 0.303 e. The smallest absolute Gasteiger partial charge is 0.303 e. The molecule has 1 aliphatic carbocycles. The maximum absolute atomic E-state index is 10.4. The van der Waals surface area contributed by atoms with Gasteiger partial charge in [-0.3, -0.25) is 9.59 Å². The zero-order valence-electron chi connectivity index (χ0n) is 12.4. The minimum atomic E-state index is -0.745. The standard InChI is InChI=1S/C15H12O2.C3H6O2/c16-10-17-9-15-13-7-3-1-5-11(13)12-6-2-4-8-14(12)15;1-2-3(4)5/h1-8,10,15H,9H2;2H2,1H3,(H,4,5). The van der Waals surface area contributed by atoms with Crippen LogP contribution in [0.2, 0.25) is 0 Å². The van der Waals surface area contributed by atoms with Crippen LogP contribution in [0.4, 0.5) is 0 Å². The molecule has 22 heavy (non-hydrogen) atoms. The molecule has 0 aliphatic heterocycles. The summed E-state index contributed by atoms with van der Waals surface area (Å²) in [5.41, 5.74) is 5.00. The molecule has 0 saturated heterocycles. The van der Waals surface area contributed by atoms with Crippen molar-refractivity contribution in [1.29, 1.82) is 0 Å². The third-order valence-electron chi connectivity index (χ3n) is 3.60. The van der Waals surface area contributed by atoms with Gasteiger partial charge >= 0.3 is 5.97 Å². The molecule has 3 rings (SSSR count). The van der Waals surface area contributed by atoms with Gasteiger partial charge in [0.1, 0.15) is 6.61 Å². The lowest BCUT2D eigenvalue weighted by atomic mass is 9.98. The van der Waals surface area contributed by atoms with Gasteiger partial charge in [0.25, 0.3) is 6.47 Å². The van der Waals surface area contributed by atoms with Crippen LogP contribution < -0.4 is 0 Å². The topological polar surface area (TPSA) is 63.6 Å². The molecule has 1 aliphatic rings. The fourth-order valence-corrected chi connectivity index (χ4v) is 2.57. The number of ether oxygens (including phenoxy) is 1. The average molecular weight is 298 g/mol. The first-order valence-electron chi connectivity index (χ1n) is 7.14. The van der Waals surface area contributed by atoms with Gasteiger partial charge in [-0.05, 0) is 22.3 Å². The van der Waals surface area contributed by atoms with E-state index >= 15 is 0 Å². The summed E-state index contributed by atoms with van der Waals surface area (Å²) in [5, 5.41) is 7.72. The summed E-state index contributed by atoms with van der Waals surface area (Å²) >= 11 is 0. The third-order valence-corrected chi connectivity index (χ3v) is 3.60. The number of carbonyl (C=O) groups is 2. The summed E-state index contributed by atoms with van der Waals surface area (Å²) < 4.78 is 4.95. The van der Waals surface area contributed by atoms with Gasteiger partial charge in [-0.1, -0.05) is 55.5 Å². The number of hydrogen-bond donors (Lipinski definition) is 1. The minimum Gasteiger partial charge on any atom is -0.481 e. The van der Waals surface area contributed by atoms with Crippen molar-refractivity contribution in [1.82, 2.24) is 0 Å². The van der Waals surface area contributed by atoms with Crippen LogP contribution in [-0.2, 0) is 14.3 Å². The molecule has 0 atom stereocenters. The molecule has 0 heterocycles. The number of carbonyl (C=O) groups excluding carboxylic acids is 1. The molecule has 0 fully saturated rings. The predicted molar refractivity (Wildman–Crippen MR) is 83.7 cm³/mol. The summed E-state index contributed by atoms with van der Waals surface area (Å²) in [6.45, 7) is 2.53. The van der Waals surface area contributed by atoms with E-state index in [9.17, 15) is 9.59 Å². The van der Waals surface area contributed by atoms with E-state index in [0.717, 1.165) is 0 Å². The molecule has 2 aromatic rings. The van der Waals surface area contributed by atoms with Crippen molar-refractivity contribution in [3.05, 3.63) is 59.7 Å². The van der Waals surface area contributed by atoms with E-state index in [2.05, 4.69) is 24.3 Å². The Hall–Kier alpha value is -2.62. The van der Waals surface area contributed by atoms with Crippen molar-refractivity contribution in [2.75, 3.05) is 6.61 Å². The number of carboxylic acids is 1. The van der Waals surface area contributed by atoms with E-state index in [0.29, 0.717) is 13.1 Å². The molecule has 0 spiro atoms. The quantitative estimate of drug-likeness (QED) is 0.878. The van der Waals surface area contributed by atoms with Gasteiger partial charge in [0.05, 0.1) is 0 Å². The Morgan fingerprint density at radius 3 is 1.95 bits per heavy atom. The van der Waals surface area contributed by atoms with Gasteiger partial charge < -0.3 is 9.84 Å². The highest BCUT2D eigenvalue weighted by atomic mass is 16.5. The largest absolute Gasteiger partial charge is 0.481 e. The number of hydrogen-bond acceptors (Lipinski definition) is 3. The van der Waals surface area contributed by atoms with Gasteiger partial charge in [0.2, 0.25) is 0 Å². The first-order valence-corrected chi connectivity index (χ1v) is 7.14. The second-order valence-corrected chi connectivity index (χ2v) is 4.90. The van der Waals surface area contributed by atoms with E-state index in [-0.39, 0.29) is 12.3 Å². The van der Waals surface area contributed by atoms with E-state index in [1.165, 1.54) is 22.3 Å². The van der Waals surface area contributed by atoms with Gasteiger partial charge in [-0.2, -0.15) is 0 Å². The molecular formula is C18H18O4. The SMILES string of the molecule is CCC(=O)O.O=COCC1c2ccccc2-c2ccccc21. The number of benzene rings is 2. The Morgan fingerprint density at radius 1 is 1.09 bits per heavy atom. The second-order valence-electron chi connectivity index (χ2n) is 4.90. The first-order chi connectivity index (χ1) is 10.7. The monoisotopic (exact) mass is 298 g/mol. The number of aliphatic carboxylic acids is 1. The molecule has 4 nitrogen and oxygen atoms in total. The Labute approximate surface area is 129 Å². The Morgan fingerprint density at radius 2 is 1.55 bits per heavy atom. The van der Waals surface area contributed by atoms with Crippen LogP contribution in [0.3, 0.4) is 0 Å². The maximum atomic E-state index is 10.4. The van der Waals surface area contributed by atoms with Gasteiger partial charge in [-0.25, -0.2) is 0 Å². The second kappa shape index (κ2) is 7.41. The number of rotatable bonds is 4. The highest BCUT2D eigenvalue weighted by molar-refractivity contribution is 5.78. The molecular weight excluding hydrogens is 280 g/mol. The molecule has 0 bridgehead atoms. The Balaban J connectivity index is 0.000000309. The molecule has 2 aromatic carbocycles. The van der Waals surface area contributed by atoms with E-state index in [4.69, 9.17) is 9.84 Å². The Kier molecular flexibility index (Phi) is 5.31. The van der Waals surface area contributed by atoms with Crippen molar-refractivity contribution in [3.8, 4) is 11.1 Å². The van der Waals surface area contributed by atoms with E-state index in [1.54, 1.807) is 6.92 Å². The number of fused-ring (bicyclic) bond motifs is 3. The minimum absolute atomic E-state index is 0.174. The van der Waals surface area contributed by atoms with Crippen molar-refractivity contribution in [2.24, 2.45) is 0 Å². The predicted octanol–water partition coefficient (Wildman–Crippen LogP) is 3.45. The molecule has 0 amide bonds. The molecule has 0 unspecified atom stereocenters. The molecule has 0 aromatic heterocycles. The van der Waals surface area contributed by atoms with Crippen LogP contribution in [0.1, 0.15) is 30.4 Å². The number of carboxylic acid groups (broad SMARTS) is 1. The van der Waals surface area contributed by atoms with E-state index < -0.39 is 5.97 Å². The van der Waals surface area contributed by atoms with Crippen LogP contribution in [0, 0.1) is 0 Å². The molecule has 0 radical (unpaired) electrons. The third kappa shape index (κ3) is 3.34. The average Bonchev–Trinajstić information content (AvgIpc) is 2.87. The lowest BCUT2D eigenvalue weighted by Crippen LogP contribution is -2.05. The van der Waals surface area contributed by atoms with Crippen molar-refractivity contribution in [3.63, 3.8) is 0 Å². The van der Waals surface area contributed by atoms with Crippen LogP contribution in [0.5, 0.6) is 0 Å². The lowest BCUT2D eigenvalue weighted by molar-refractivity contribution is -0.136. The van der Waals surface area contributed by atoms with Crippen LogP contribution in [0.25, 0.3) is 11.1 Å². The van der Waals surface area contributed by atoms with Crippen LogP contribution in [0.15, 0.2) is 48.5 Å². The first kappa shape index (κ1) is 15.8. The van der Waals surface area contributed by atoms with Gasteiger partial charge in [0.15, 0.2) is 0 Å². The molecule has 0 saturated carbocycles. The van der Waals surface area contributed by atoms with E-state index in [1.807, 2.05) is 24.3 Å². The van der Waals surface area contributed by atoms with Crippen molar-refractivity contribution in [2.45, 2.75) is 19.3 Å². The summed E-state index contributed by atoms with van der Waals surface area (Å²) in [6.07, 6.45) is 0.222. The zero-order valence-corrected chi connectivity index (χ0v) is 12.4. The van der Waals surface area contributed by atoms with Crippen LogP contribution in [-0.4, -0.2) is 24.2 Å². The fourth-order valence-electron chi connectivity index (χ4n) is 2.57. The highest BCUT2D eigenvalue weighted by Crippen LogP contribution is 2.44. The summed E-state index contributed by atoms with van der Waals surface area (Å²) in [6, 6.07) is 16.6. The fraction of sp³-hybridized carbons (Fsp3) is 0.222. The zero-order chi connectivity index (χ0) is 15.9. The van der Waals surface area contributed by atoms with Crippen molar-refractivity contribution < 1.29 is 19.4 Å². The highest BCUT2D eigenvalue weighted by Gasteiger charge is 2.28. The molecule has 1 N–H and O–H groups in total. The normalized spacial score (nSPS) is 11.7. The summed E-state index contributed by atoms with van der Waals surface area (Å²) in [5.74, 6) is -0.572. The summed E-state index contributed by atoms with van der Waals surface area (Å²) in [7, 11) is 0. The lowest BCUT2D eigenvalue weighted by Gasteiger charge is -2.11. The van der Waals surface area contributed by atoms with Crippen LogP contribution >= 0.6 is 0 Å². The van der Waals surface area contributed by atoms with Gasteiger partial charge in [0, 0.05) is 12.3 Å². The van der Waals surface area contributed by atoms with Crippen molar-refractivity contribution >= 4 is 12.4 Å². The Bertz CT molecular complexity index is 618. The molecule has 114 valence electrons. The summed E-state index contributed by atoms with van der Waals surface area (Å²) in [4.78, 5) is 19.7.